The van der Waals surface area contributed by atoms with Crippen LogP contribution in [0.25, 0.3) is 0 Å². The Morgan fingerprint density at radius 1 is 1.18 bits per heavy atom. The molecule has 2 rings (SSSR count). The second-order valence-electron chi connectivity index (χ2n) is 5.34. The fourth-order valence-electron chi connectivity index (χ4n) is 2.31. The summed E-state index contributed by atoms with van der Waals surface area (Å²) in [5.74, 6) is 0.656. The van der Waals surface area contributed by atoms with Crippen molar-refractivity contribution in [2.24, 2.45) is 5.92 Å². The molecule has 17 heavy (non-hydrogen) atoms. The van der Waals surface area contributed by atoms with Crippen LogP contribution in [0.5, 0.6) is 0 Å². The van der Waals surface area contributed by atoms with Gasteiger partial charge in [-0.3, -0.25) is 0 Å². The van der Waals surface area contributed by atoms with Crippen LogP contribution >= 0.6 is 0 Å². The van der Waals surface area contributed by atoms with Gasteiger partial charge in [-0.1, -0.05) is 0 Å². The van der Waals surface area contributed by atoms with Crippen LogP contribution in [0.1, 0.15) is 19.3 Å². The van der Waals surface area contributed by atoms with E-state index in [4.69, 9.17) is 18.3 Å². The van der Waals surface area contributed by atoms with E-state index in [1.807, 2.05) is 0 Å². The third kappa shape index (κ3) is 4.67. The van der Waals surface area contributed by atoms with Crippen molar-refractivity contribution in [2.75, 3.05) is 27.4 Å². The lowest BCUT2D eigenvalue weighted by molar-refractivity contribution is 0.233. The highest BCUT2D eigenvalue weighted by atomic mass is 28.4. The molecule has 2 saturated heterocycles. The summed E-state index contributed by atoms with van der Waals surface area (Å²) in [6.45, 7) is 4.03. The molecule has 3 unspecified atom stereocenters. The van der Waals surface area contributed by atoms with Gasteiger partial charge in [0.25, 0.3) is 0 Å². The molecule has 100 valence electrons. The van der Waals surface area contributed by atoms with Crippen molar-refractivity contribution in [3.63, 3.8) is 0 Å². The van der Waals surface area contributed by atoms with Crippen molar-refractivity contribution >= 4 is 8.56 Å². The average Bonchev–Trinajstić information content (AvgIpc) is 3.19. The molecule has 4 nitrogen and oxygen atoms in total. The van der Waals surface area contributed by atoms with E-state index in [0.717, 1.165) is 25.7 Å². The standard InChI is InChI=1S/C12H24O4Si/c1-13-17(3,14-2)9-10(6-12-8-16-12)4-5-11-7-15-11/h10-12H,4-9H2,1-3H3. The monoisotopic (exact) mass is 260 g/mol. The van der Waals surface area contributed by atoms with E-state index < -0.39 is 8.56 Å². The average molecular weight is 260 g/mol. The van der Waals surface area contributed by atoms with Gasteiger partial charge in [0.1, 0.15) is 0 Å². The van der Waals surface area contributed by atoms with E-state index >= 15 is 0 Å². The zero-order valence-corrected chi connectivity index (χ0v) is 12.1. The van der Waals surface area contributed by atoms with Crippen LogP contribution in [0.3, 0.4) is 0 Å². The summed E-state index contributed by atoms with van der Waals surface area (Å²) in [6.07, 6.45) is 4.56. The summed E-state index contributed by atoms with van der Waals surface area (Å²) in [4.78, 5) is 0. The van der Waals surface area contributed by atoms with Crippen molar-refractivity contribution in [2.45, 2.75) is 44.1 Å². The Kier molecular flexibility index (Phi) is 4.60. The molecule has 2 fully saturated rings. The summed E-state index contributed by atoms with van der Waals surface area (Å²) >= 11 is 0. The van der Waals surface area contributed by atoms with Gasteiger partial charge in [0.05, 0.1) is 25.4 Å². The van der Waals surface area contributed by atoms with Gasteiger partial charge < -0.3 is 18.3 Å². The van der Waals surface area contributed by atoms with Gasteiger partial charge in [0, 0.05) is 14.2 Å². The minimum Gasteiger partial charge on any atom is -0.398 e. The quantitative estimate of drug-likeness (QED) is 0.469. The number of epoxide rings is 2. The van der Waals surface area contributed by atoms with Gasteiger partial charge in [-0.2, -0.15) is 0 Å². The molecule has 2 aliphatic heterocycles. The number of ether oxygens (including phenoxy) is 2. The molecule has 0 bridgehead atoms. The molecule has 2 heterocycles. The summed E-state index contributed by atoms with van der Waals surface area (Å²) < 4.78 is 21.8. The van der Waals surface area contributed by atoms with Crippen molar-refractivity contribution in [1.82, 2.24) is 0 Å². The van der Waals surface area contributed by atoms with Crippen LogP contribution in [-0.2, 0) is 18.3 Å². The Balaban J connectivity index is 1.78. The van der Waals surface area contributed by atoms with E-state index in [2.05, 4.69) is 6.55 Å². The summed E-state index contributed by atoms with van der Waals surface area (Å²) in [5, 5.41) is 0. The van der Waals surface area contributed by atoms with Crippen molar-refractivity contribution in [1.29, 1.82) is 0 Å². The zero-order chi connectivity index (χ0) is 12.3. The number of rotatable bonds is 9. The second kappa shape index (κ2) is 5.80. The summed E-state index contributed by atoms with van der Waals surface area (Å²) in [7, 11) is 1.59. The number of hydrogen-bond acceptors (Lipinski definition) is 4. The highest BCUT2D eigenvalue weighted by Crippen LogP contribution is 2.32. The molecular weight excluding hydrogens is 236 g/mol. The lowest BCUT2D eigenvalue weighted by Gasteiger charge is -2.27. The maximum atomic E-state index is 5.59. The molecule has 0 saturated carbocycles. The molecule has 2 aliphatic rings. The predicted octanol–water partition coefficient (Wildman–Crippen LogP) is 1.94. The lowest BCUT2D eigenvalue weighted by Crippen LogP contribution is -2.38. The minimum absolute atomic E-state index is 0.493. The van der Waals surface area contributed by atoms with Gasteiger partial charge in [-0.25, -0.2) is 0 Å². The van der Waals surface area contributed by atoms with Crippen molar-refractivity contribution < 1.29 is 18.3 Å². The van der Waals surface area contributed by atoms with Crippen LogP contribution in [-0.4, -0.2) is 48.2 Å². The van der Waals surface area contributed by atoms with Crippen LogP contribution in [0, 0.1) is 5.92 Å². The highest BCUT2D eigenvalue weighted by molar-refractivity contribution is 6.66. The minimum atomic E-state index is -1.95. The maximum absolute atomic E-state index is 5.59. The molecule has 5 heteroatoms. The molecule has 0 aromatic rings. The largest absolute Gasteiger partial charge is 0.398 e. The zero-order valence-electron chi connectivity index (χ0n) is 11.1. The first-order chi connectivity index (χ1) is 8.15. The summed E-state index contributed by atoms with van der Waals surface area (Å²) in [5.41, 5.74) is 0. The first-order valence-corrected chi connectivity index (χ1v) is 9.01. The van der Waals surface area contributed by atoms with Crippen LogP contribution in [0.2, 0.25) is 12.6 Å². The maximum Gasteiger partial charge on any atom is 0.334 e. The molecule has 0 radical (unpaired) electrons. The van der Waals surface area contributed by atoms with Gasteiger partial charge >= 0.3 is 8.56 Å². The molecule has 3 atom stereocenters. The third-order valence-electron chi connectivity index (χ3n) is 3.82. The van der Waals surface area contributed by atoms with Crippen LogP contribution in [0.15, 0.2) is 0 Å². The Morgan fingerprint density at radius 2 is 1.76 bits per heavy atom. The molecule has 0 spiro atoms. The first-order valence-electron chi connectivity index (χ1n) is 6.48. The smallest absolute Gasteiger partial charge is 0.334 e. The van der Waals surface area contributed by atoms with E-state index in [-0.39, 0.29) is 0 Å². The molecule has 0 aliphatic carbocycles. The Hall–Kier alpha value is 0.0569. The first kappa shape index (κ1) is 13.5. The molecule has 0 aromatic carbocycles. The topological polar surface area (TPSA) is 43.5 Å². The van der Waals surface area contributed by atoms with E-state index in [9.17, 15) is 0 Å². The Morgan fingerprint density at radius 3 is 2.24 bits per heavy atom. The lowest BCUT2D eigenvalue weighted by atomic mass is 9.99. The van der Waals surface area contributed by atoms with E-state index in [1.54, 1.807) is 14.2 Å². The predicted molar refractivity (Wildman–Crippen MR) is 67.3 cm³/mol. The fourth-order valence-corrected chi connectivity index (χ4v) is 4.23. The van der Waals surface area contributed by atoms with Crippen molar-refractivity contribution in [3.8, 4) is 0 Å². The fraction of sp³-hybridized carbons (Fsp3) is 1.00. The number of hydrogen-bond donors (Lipinski definition) is 0. The van der Waals surface area contributed by atoms with E-state index in [0.29, 0.717) is 18.1 Å². The van der Waals surface area contributed by atoms with Crippen molar-refractivity contribution in [3.05, 3.63) is 0 Å². The van der Waals surface area contributed by atoms with Gasteiger partial charge in [0.15, 0.2) is 0 Å². The summed E-state index contributed by atoms with van der Waals surface area (Å²) in [6, 6.07) is 1.06. The normalized spacial score (nSPS) is 29.1. The van der Waals surface area contributed by atoms with E-state index in [1.165, 1.54) is 12.8 Å². The molecule has 0 aromatic heterocycles. The van der Waals surface area contributed by atoms with Gasteiger partial charge in [0.2, 0.25) is 0 Å². The second-order valence-corrected chi connectivity index (χ2v) is 8.83. The SMILES string of the molecule is CO[Si](C)(CC(CCC1CO1)CC1CO1)OC. The Labute approximate surface area is 105 Å². The Bertz CT molecular complexity index is 237. The van der Waals surface area contributed by atoms with Crippen LogP contribution < -0.4 is 0 Å². The van der Waals surface area contributed by atoms with Gasteiger partial charge in [-0.05, 0) is 37.8 Å². The molecule has 0 amide bonds. The highest BCUT2D eigenvalue weighted by Gasteiger charge is 2.36. The van der Waals surface area contributed by atoms with Crippen LogP contribution in [0.4, 0.5) is 0 Å². The van der Waals surface area contributed by atoms with Gasteiger partial charge in [-0.15, -0.1) is 0 Å². The third-order valence-corrected chi connectivity index (χ3v) is 6.87. The molecule has 0 N–H and O–H groups in total. The molecular formula is C12H24O4Si.